The van der Waals surface area contributed by atoms with Crippen molar-refractivity contribution in [2.45, 2.75) is 64.2 Å². The summed E-state index contributed by atoms with van der Waals surface area (Å²) in [5, 5.41) is 9.84. The van der Waals surface area contributed by atoms with E-state index in [-0.39, 0.29) is 17.1 Å². The van der Waals surface area contributed by atoms with E-state index in [1.54, 1.807) is 0 Å². The molecule has 0 saturated carbocycles. The van der Waals surface area contributed by atoms with Crippen molar-refractivity contribution in [1.82, 2.24) is 0 Å². The molecule has 4 heteroatoms. The predicted octanol–water partition coefficient (Wildman–Crippen LogP) is 5.23. The van der Waals surface area contributed by atoms with Crippen molar-refractivity contribution in [3.05, 3.63) is 59.1 Å². The first kappa shape index (κ1) is 20.9. The number of Topliss-reactive ketones (excluding diaryl/α,β-unsaturated/α-hetero) is 1. The molecule has 27 heavy (non-hydrogen) atoms. The fourth-order valence-electron chi connectivity index (χ4n) is 3.38. The summed E-state index contributed by atoms with van der Waals surface area (Å²) >= 11 is 0. The van der Waals surface area contributed by atoms with Crippen LogP contribution in [0.25, 0.3) is 0 Å². The second kappa shape index (κ2) is 11.4. The van der Waals surface area contributed by atoms with E-state index < -0.39 is 11.5 Å². The minimum atomic E-state index is -0.544. The van der Waals surface area contributed by atoms with Gasteiger partial charge in [-0.2, -0.15) is 0 Å². The monoisotopic (exact) mass is 370 g/mol. The number of allylic oxidation sites excluding steroid dienone is 2. The summed E-state index contributed by atoms with van der Waals surface area (Å²) in [6.45, 7) is 0. The maximum absolute atomic E-state index is 12.1. The molecule has 0 aromatic heterocycles. The number of aliphatic hydroxyl groups is 1. The molecule has 0 saturated heterocycles. The van der Waals surface area contributed by atoms with Gasteiger partial charge in [0.15, 0.2) is 11.5 Å². The molecule has 1 aliphatic carbocycles. The third-order valence-electron chi connectivity index (χ3n) is 4.98. The Morgan fingerprint density at radius 3 is 1.96 bits per heavy atom. The van der Waals surface area contributed by atoms with Crippen LogP contribution >= 0.6 is 0 Å². The molecule has 2 rings (SSSR count). The van der Waals surface area contributed by atoms with Crippen LogP contribution < -0.4 is 0 Å². The van der Waals surface area contributed by atoms with Gasteiger partial charge in [-0.3, -0.25) is 9.59 Å². The van der Waals surface area contributed by atoms with E-state index in [9.17, 15) is 14.7 Å². The number of unbranched alkanes of at least 4 members (excludes halogenated alkanes) is 7. The number of hydrogen-bond donors (Lipinski definition) is 1. The molecule has 1 aliphatic rings. The Morgan fingerprint density at radius 2 is 1.37 bits per heavy atom. The first-order valence-corrected chi connectivity index (χ1v) is 9.94. The summed E-state index contributed by atoms with van der Waals surface area (Å²) in [6.07, 6.45) is 11.7. The van der Waals surface area contributed by atoms with Crippen LogP contribution in [0.3, 0.4) is 0 Å². The molecule has 0 fully saturated rings. The third kappa shape index (κ3) is 6.70. The second-order valence-corrected chi connectivity index (χ2v) is 7.05. The van der Waals surface area contributed by atoms with E-state index in [1.165, 1.54) is 44.8 Å². The van der Waals surface area contributed by atoms with Crippen LogP contribution in [0.5, 0.6) is 0 Å². The Bertz CT molecular complexity index is 686. The summed E-state index contributed by atoms with van der Waals surface area (Å²) in [5.74, 6) is -1.31. The van der Waals surface area contributed by atoms with Crippen LogP contribution in [0, 0.1) is 0 Å². The van der Waals surface area contributed by atoms with Gasteiger partial charge in [0.1, 0.15) is 0 Å². The van der Waals surface area contributed by atoms with Crippen LogP contribution in [-0.2, 0) is 20.7 Å². The molecule has 1 aromatic rings. The van der Waals surface area contributed by atoms with Crippen molar-refractivity contribution in [2.24, 2.45) is 0 Å². The average molecular weight is 370 g/mol. The lowest BCUT2D eigenvalue weighted by Gasteiger charge is -2.14. The number of benzene rings is 1. The fourth-order valence-corrected chi connectivity index (χ4v) is 3.38. The fraction of sp³-hybridized carbons (Fsp3) is 0.478. The second-order valence-electron chi connectivity index (χ2n) is 7.05. The molecule has 0 atom stereocenters. The number of methoxy groups -OCH3 is 1. The summed E-state index contributed by atoms with van der Waals surface area (Å²) in [4.78, 5) is 23.8. The van der Waals surface area contributed by atoms with Crippen LogP contribution in [-0.4, -0.2) is 23.8 Å². The van der Waals surface area contributed by atoms with Gasteiger partial charge in [0.2, 0.25) is 11.6 Å². The van der Waals surface area contributed by atoms with Gasteiger partial charge in [-0.15, -0.1) is 0 Å². The number of ketones is 2. The summed E-state index contributed by atoms with van der Waals surface area (Å²) in [6, 6.07) is 10.6. The molecule has 1 N–H and O–H groups in total. The molecule has 0 amide bonds. The highest BCUT2D eigenvalue weighted by molar-refractivity contribution is 6.20. The minimum absolute atomic E-state index is 0.0169. The molecular formula is C23H30O4. The Balaban J connectivity index is 1.53. The van der Waals surface area contributed by atoms with E-state index in [2.05, 4.69) is 30.3 Å². The molecule has 1 aromatic carbocycles. The first-order chi connectivity index (χ1) is 13.1. The topological polar surface area (TPSA) is 63.6 Å². The van der Waals surface area contributed by atoms with Crippen molar-refractivity contribution in [3.63, 3.8) is 0 Å². The standard InChI is InChI=1S/C23H30O4/c1-27-21-17-20(24)22(25)19(23(21)26)16-12-7-5-3-2-4-6-9-13-18-14-10-8-11-15-18/h8,10-11,14-15,17,25H,2-7,9,12-13,16H2,1H3. The van der Waals surface area contributed by atoms with Crippen molar-refractivity contribution in [3.8, 4) is 0 Å². The van der Waals surface area contributed by atoms with Gasteiger partial charge < -0.3 is 9.84 Å². The van der Waals surface area contributed by atoms with Crippen LogP contribution in [0.1, 0.15) is 63.4 Å². The van der Waals surface area contributed by atoms with E-state index in [0.29, 0.717) is 6.42 Å². The van der Waals surface area contributed by atoms with Crippen molar-refractivity contribution < 1.29 is 19.4 Å². The summed E-state index contributed by atoms with van der Waals surface area (Å²) < 4.78 is 4.92. The van der Waals surface area contributed by atoms with E-state index in [0.717, 1.165) is 31.8 Å². The Morgan fingerprint density at radius 1 is 0.815 bits per heavy atom. The predicted molar refractivity (Wildman–Crippen MR) is 106 cm³/mol. The molecule has 0 heterocycles. The molecule has 0 spiro atoms. The van der Waals surface area contributed by atoms with Gasteiger partial charge >= 0.3 is 0 Å². The lowest BCUT2D eigenvalue weighted by atomic mass is 9.94. The average Bonchev–Trinajstić information content (AvgIpc) is 2.69. The summed E-state index contributed by atoms with van der Waals surface area (Å²) in [5.41, 5.74) is 1.61. The Kier molecular flexibility index (Phi) is 8.82. The SMILES string of the molecule is COC1=CC(=O)C(O)=C(CCCCCCCCCCc2ccccc2)C1=O. The Labute approximate surface area is 161 Å². The molecule has 146 valence electrons. The van der Waals surface area contributed by atoms with Gasteiger partial charge in [-0.05, 0) is 31.2 Å². The smallest absolute Gasteiger partial charge is 0.227 e. The van der Waals surface area contributed by atoms with Crippen LogP contribution in [0.2, 0.25) is 0 Å². The van der Waals surface area contributed by atoms with Gasteiger partial charge in [0.25, 0.3) is 0 Å². The van der Waals surface area contributed by atoms with E-state index in [1.807, 2.05) is 0 Å². The number of hydrogen-bond acceptors (Lipinski definition) is 4. The maximum Gasteiger partial charge on any atom is 0.227 e. The quantitative estimate of drug-likeness (QED) is 0.404. The molecule has 4 nitrogen and oxygen atoms in total. The van der Waals surface area contributed by atoms with E-state index >= 15 is 0 Å². The van der Waals surface area contributed by atoms with Gasteiger partial charge in [-0.1, -0.05) is 68.9 Å². The highest BCUT2D eigenvalue weighted by Gasteiger charge is 2.28. The van der Waals surface area contributed by atoms with Gasteiger partial charge in [0, 0.05) is 11.6 Å². The summed E-state index contributed by atoms with van der Waals surface area (Å²) in [7, 11) is 1.36. The highest BCUT2D eigenvalue weighted by atomic mass is 16.5. The number of aryl methyl sites for hydroxylation is 1. The van der Waals surface area contributed by atoms with Crippen LogP contribution in [0.4, 0.5) is 0 Å². The Hall–Kier alpha value is -2.36. The number of rotatable bonds is 12. The van der Waals surface area contributed by atoms with Crippen molar-refractivity contribution >= 4 is 11.6 Å². The highest BCUT2D eigenvalue weighted by Crippen LogP contribution is 2.23. The third-order valence-corrected chi connectivity index (χ3v) is 4.98. The molecule has 0 radical (unpaired) electrons. The molecular weight excluding hydrogens is 340 g/mol. The zero-order chi connectivity index (χ0) is 19.5. The van der Waals surface area contributed by atoms with Crippen molar-refractivity contribution in [2.75, 3.05) is 7.11 Å². The normalized spacial score (nSPS) is 14.5. The first-order valence-electron chi connectivity index (χ1n) is 9.94. The number of aliphatic hydroxyl groups excluding tert-OH is 1. The number of carbonyl (C=O) groups excluding carboxylic acids is 2. The number of ether oxygens (including phenoxy) is 1. The molecule has 0 bridgehead atoms. The lowest BCUT2D eigenvalue weighted by molar-refractivity contribution is -0.119. The lowest BCUT2D eigenvalue weighted by Crippen LogP contribution is -2.20. The number of carbonyl (C=O) groups is 2. The van der Waals surface area contributed by atoms with Crippen molar-refractivity contribution in [1.29, 1.82) is 0 Å². The zero-order valence-corrected chi connectivity index (χ0v) is 16.2. The molecule has 0 unspecified atom stereocenters. The molecule has 0 aliphatic heterocycles. The van der Waals surface area contributed by atoms with Gasteiger partial charge in [0.05, 0.1) is 7.11 Å². The van der Waals surface area contributed by atoms with Crippen LogP contribution in [0.15, 0.2) is 53.5 Å². The van der Waals surface area contributed by atoms with Gasteiger partial charge in [-0.25, -0.2) is 0 Å². The minimum Gasteiger partial charge on any atom is -0.504 e. The van der Waals surface area contributed by atoms with E-state index in [4.69, 9.17) is 4.74 Å². The zero-order valence-electron chi connectivity index (χ0n) is 16.2. The largest absolute Gasteiger partial charge is 0.504 e. The maximum atomic E-state index is 12.1.